The van der Waals surface area contributed by atoms with Gasteiger partial charge < -0.3 is 10.8 Å². The Balaban J connectivity index is 3.10. The van der Waals surface area contributed by atoms with Crippen LogP contribution in [0.4, 0.5) is 5.69 Å². The Hall–Kier alpha value is -0.820. The van der Waals surface area contributed by atoms with Crippen molar-refractivity contribution < 1.29 is 13.5 Å². The van der Waals surface area contributed by atoms with E-state index in [1.54, 1.807) is 0 Å². The lowest BCUT2D eigenvalue weighted by Gasteiger charge is -2.20. The molecule has 0 aromatic heterocycles. The summed E-state index contributed by atoms with van der Waals surface area (Å²) in [6.07, 6.45) is 0. The van der Waals surface area contributed by atoms with Crippen molar-refractivity contribution in [2.75, 3.05) is 12.3 Å². The van der Waals surface area contributed by atoms with Gasteiger partial charge in [-0.05, 0) is 24.1 Å². The largest absolute Gasteiger partial charge is 0.399 e. The molecule has 1 rings (SSSR count). The lowest BCUT2D eigenvalue weighted by molar-refractivity contribution is 0.227. The average molecular weight is 293 g/mol. The fraction of sp³-hybridized carbons (Fsp3) is 0.455. The zero-order valence-electron chi connectivity index (χ0n) is 10.2. The van der Waals surface area contributed by atoms with Crippen LogP contribution in [0.5, 0.6) is 0 Å². The lowest BCUT2D eigenvalue weighted by atomic mass is 10.1. The Kier molecular flexibility index (Phi) is 4.98. The van der Waals surface area contributed by atoms with E-state index in [-0.39, 0.29) is 22.4 Å². The second kappa shape index (κ2) is 5.88. The molecule has 0 aliphatic rings. The molecule has 102 valence electrons. The second-order valence-corrected chi connectivity index (χ2v) is 6.43. The third-order valence-electron chi connectivity index (χ3n) is 2.55. The molecule has 0 radical (unpaired) electrons. The molecule has 0 fully saturated rings. The smallest absolute Gasteiger partial charge is 0.242 e. The van der Waals surface area contributed by atoms with Crippen molar-refractivity contribution in [1.82, 2.24) is 4.72 Å². The van der Waals surface area contributed by atoms with E-state index >= 15 is 0 Å². The van der Waals surface area contributed by atoms with Gasteiger partial charge in [-0.3, -0.25) is 0 Å². The predicted molar refractivity (Wildman–Crippen MR) is 71.9 cm³/mol. The van der Waals surface area contributed by atoms with Gasteiger partial charge in [-0.25, -0.2) is 13.1 Å². The minimum absolute atomic E-state index is 0.0374. The van der Waals surface area contributed by atoms with Crippen molar-refractivity contribution in [1.29, 1.82) is 0 Å². The Morgan fingerprint density at radius 3 is 2.56 bits per heavy atom. The number of rotatable bonds is 5. The third kappa shape index (κ3) is 3.58. The van der Waals surface area contributed by atoms with Crippen molar-refractivity contribution in [3.8, 4) is 0 Å². The summed E-state index contributed by atoms with van der Waals surface area (Å²) in [6, 6.07) is 3.68. The van der Waals surface area contributed by atoms with Crippen LogP contribution in [0.1, 0.15) is 13.8 Å². The topological polar surface area (TPSA) is 92.4 Å². The molecule has 1 atom stereocenters. The number of nitrogens with two attached hydrogens (primary N) is 1. The molecular formula is C11H17ClN2O3S. The summed E-state index contributed by atoms with van der Waals surface area (Å²) >= 11 is 5.85. The molecular weight excluding hydrogens is 276 g/mol. The van der Waals surface area contributed by atoms with Gasteiger partial charge in [0.2, 0.25) is 10.0 Å². The van der Waals surface area contributed by atoms with Crippen LogP contribution < -0.4 is 10.5 Å². The van der Waals surface area contributed by atoms with Crippen LogP contribution in [0.25, 0.3) is 0 Å². The lowest BCUT2D eigenvalue weighted by Crippen LogP contribution is -2.41. The van der Waals surface area contributed by atoms with Gasteiger partial charge in [0.1, 0.15) is 4.90 Å². The molecule has 1 aromatic rings. The first-order valence-corrected chi connectivity index (χ1v) is 7.32. The van der Waals surface area contributed by atoms with Crippen LogP contribution >= 0.6 is 11.6 Å². The van der Waals surface area contributed by atoms with Crippen LogP contribution in [-0.4, -0.2) is 26.2 Å². The Labute approximate surface area is 112 Å². The number of nitrogen functional groups attached to an aromatic ring is 1. The minimum atomic E-state index is -3.79. The summed E-state index contributed by atoms with van der Waals surface area (Å²) in [5.74, 6) is -0.0374. The highest BCUT2D eigenvalue weighted by Crippen LogP contribution is 2.24. The van der Waals surface area contributed by atoms with E-state index in [0.717, 1.165) is 0 Å². The zero-order chi connectivity index (χ0) is 13.9. The SMILES string of the molecule is CC(C)[C@@H](CO)NS(=O)(=O)c1cc(N)ccc1Cl. The van der Waals surface area contributed by atoms with E-state index in [1.807, 2.05) is 13.8 Å². The minimum Gasteiger partial charge on any atom is -0.399 e. The molecule has 0 amide bonds. The van der Waals surface area contributed by atoms with Crippen LogP contribution in [-0.2, 0) is 10.0 Å². The molecule has 0 spiro atoms. The summed E-state index contributed by atoms with van der Waals surface area (Å²) in [6.45, 7) is 3.34. The fourth-order valence-electron chi connectivity index (χ4n) is 1.37. The standard InChI is InChI=1S/C11H17ClN2O3S/c1-7(2)10(6-15)14-18(16,17)11-5-8(13)3-4-9(11)12/h3-5,7,10,14-15H,6,13H2,1-2H3/t10-/m1/s1. The van der Waals surface area contributed by atoms with Gasteiger partial charge >= 0.3 is 0 Å². The Morgan fingerprint density at radius 1 is 1.44 bits per heavy atom. The Morgan fingerprint density at radius 2 is 2.06 bits per heavy atom. The van der Waals surface area contributed by atoms with Crippen molar-refractivity contribution in [3.05, 3.63) is 23.2 Å². The molecule has 0 bridgehead atoms. The van der Waals surface area contributed by atoms with E-state index in [4.69, 9.17) is 22.4 Å². The number of sulfonamides is 1. The highest BCUT2D eigenvalue weighted by molar-refractivity contribution is 7.89. The van der Waals surface area contributed by atoms with Gasteiger partial charge in [-0.2, -0.15) is 0 Å². The number of aliphatic hydroxyl groups excluding tert-OH is 1. The second-order valence-electron chi connectivity index (χ2n) is 4.34. The van der Waals surface area contributed by atoms with Crippen molar-refractivity contribution in [2.24, 2.45) is 5.92 Å². The van der Waals surface area contributed by atoms with Gasteiger partial charge in [0.05, 0.1) is 11.6 Å². The van der Waals surface area contributed by atoms with E-state index in [0.29, 0.717) is 5.69 Å². The van der Waals surface area contributed by atoms with Crippen LogP contribution in [0, 0.1) is 5.92 Å². The van der Waals surface area contributed by atoms with Crippen molar-refractivity contribution >= 4 is 27.3 Å². The molecule has 4 N–H and O–H groups in total. The van der Waals surface area contributed by atoms with E-state index in [9.17, 15) is 8.42 Å². The maximum Gasteiger partial charge on any atom is 0.242 e. The molecule has 0 heterocycles. The summed E-state index contributed by atoms with van der Waals surface area (Å²) in [4.78, 5) is -0.0803. The van der Waals surface area contributed by atoms with Crippen LogP contribution in [0.15, 0.2) is 23.1 Å². The number of hydrogen-bond donors (Lipinski definition) is 3. The molecule has 1 aromatic carbocycles. The molecule has 0 saturated heterocycles. The molecule has 0 unspecified atom stereocenters. The molecule has 0 aliphatic carbocycles. The highest BCUT2D eigenvalue weighted by Gasteiger charge is 2.24. The first-order valence-electron chi connectivity index (χ1n) is 5.46. The van der Waals surface area contributed by atoms with Crippen molar-refractivity contribution in [3.63, 3.8) is 0 Å². The Bertz CT molecular complexity index is 517. The van der Waals surface area contributed by atoms with Gasteiger partial charge in [-0.15, -0.1) is 0 Å². The van der Waals surface area contributed by atoms with Crippen LogP contribution in [0.2, 0.25) is 5.02 Å². The monoisotopic (exact) mass is 292 g/mol. The van der Waals surface area contributed by atoms with E-state index in [1.165, 1.54) is 18.2 Å². The summed E-state index contributed by atoms with van der Waals surface area (Å²) in [5, 5.41) is 9.24. The number of anilines is 1. The summed E-state index contributed by atoms with van der Waals surface area (Å²) in [5.41, 5.74) is 5.86. The number of aliphatic hydroxyl groups is 1. The maximum atomic E-state index is 12.1. The number of benzene rings is 1. The van der Waals surface area contributed by atoms with Crippen molar-refractivity contribution in [2.45, 2.75) is 24.8 Å². The highest BCUT2D eigenvalue weighted by atomic mass is 35.5. The summed E-state index contributed by atoms with van der Waals surface area (Å²) in [7, 11) is -3.79. The normalized spacial score (nSPS) is 13.8. The number of hydrogen-bond acceptors (Lipinski definition) is 4. The van der Waals surface area contributed by atoms with Gasteiger partial charge in [-0.1, -0.05) is 25.4 Å². The number of halogens is 1. The molecule has 5 nitrogen and oxygen atoms in total. The first kappa shape index (κ1) is 15.2. The van der Waals surface area contributed by atoms with Crippen LogP contribution in [0.3, 0.4) is 0 Å². The maximum absolute atomic E-state index is 12.1. The van der Waals surface area contributed by atoms with E-state index < -0.39 is 16.1 Å². The van der Waals surface area contributed by atoms with Gasteiger partial charge in [0.25, 0.3) is 0 Å². The zero-order valence-corrected chi connectivity index (χ0v) is 11.8. The molecule has 7 heteroatoms. The molecule has 0 saturated carbocycles. The first-order chi connectivity index (χ1) is 8.27. The third-order valence-corrected chi connectivity index (χ3v) is 4.52. The van der Waals surface area contributed by atoms with Gasteiger partial charge in [0, 0.05) is 11.7 Å². The predicted octanol–water partition coefficient (Wildman–Crippen LogP) is 1.22. The fourth-order valence-corrected chi connectivity index (χ4v) is 3.28. The molecule has 18 heavy (non-hydrogen) atoms. The van der Waals surface area contributed by atoms with Gasteiger partial charge in [0.15, 0.2) is 0 Å². The average Bonchev–Trinajstić information content (AvgIpc) is 2.28. The number of nitrogens with one attached hydrogen (secondary N) is 1. The molecule has 0 aliphatic heterocycles. The quantitative estimate of drug-likeness (QED) is 0.712. The van der Waals surface area contributed by atoms with E-state index in [2.05, 4.69) is 4.72 Å². The summed E-state index contributed by atoms with van der Waals surface area (Å²) < 4.78 is 26.6.